The Balaban J connectivity index is 1.85. The Morgan fingerprint density at radius 3 is 2.08 bits per heavy atom. The van der Waals surface area contributed by atoms with Crippen LogP contribution in [0.1, 0.15) is 55.3 Å². The van der Waals surface area contributed by atoms with Crippen LogP contribution in [0.4, 0.5) is 0 Å². The summed E-state index contributed by atoms with van der Waals surface area (Å²) in [5.41, 5.74) is 0.483. The van der Waals surface area contributed by atoms with E-state index in [1.165, 1.54) is 6.08 Å². The molecule has 0 atom stereocenters. The van der Waals surface area contributed by atoms with E-state index in [1.54, 1.807) is 24.3 Å². The van der Waals surface area contributed by atoms with Crippen LogP contribution in [-0.2, 0) is 19.3 Å². The molecule has 0 saturated heterocycles. The van der Waals surface area contributed by atoms with Crippen LogP contribution in [0.25, 0.3) is 0 Å². The first-order chi connectivity index (χ1) is 11.7. The maximum Gasteiger partial charge on any atom is 0.373 e. The predicted octanol–water partition coefficient (Wildman–Crippen LogP) is 4.23. The monoisotopic (exact) mass is 334 g/mol. The molecule has 0 unspecified atom stereocenters. The molecular weight excluding hydrogens is 308 g/mol. The predicted molar refractivity (Wildman–Crippen MR) is 91.3 cm³/mol. The van der Waals surface area contributed by atoms with Crippen molar-refractivity contribution in [1.29, 1.82) is 0 Å². The lowest BCUT2D eigenvalue weighted by Crippen LogP contribution is -2.06. The highest BCUT2D eigenvalue weighted by Gasteiger charge is 2.06. The minimum atomic E-state index is -0.465. The van der Waals surface area contributed by atoms with Gasteiger partial charge >= 0.3 is 11.9 Å². The Kier molecular flexibility index (Phi) is 11.0. The molecular formula is C19H26O5. The average molecular weight is 334 g/mol. The molecule has 0 aliphatic heterocycles. The van der Waals surface area contributed by atoms with Crippen molar-refractivity contribution in [2.45, 2.75) is 44.9 Å². The molecule has 0 N–H and O–H groups in total. The van der Waals surface area contributed by atoms with Crippen LogP contribution < -0.4 is 0 Å². The Morgan fingerprint density at radius 1 is 0.875 bits per heavy atom. The van der Waals surface area contributed by atoms with Gasteiger partial charge in [-0.25, -0.2) is 9.59 Å². The number of esters is 1. The van der Waals surface area contributed by atoms with Crippen molar-refractivity contribution in [3.05, 3.63) is 48.6 Å². The van der Waals surface area contributed by atoms with E-state index in [0.717, 1.165) is 44.9 Å². The summed E-state index contributed by atoms with van der Waals surface area (Å²) >= 11 is 0. The van der Waals surface area contributed by atoms with Gasteiger partial charge in [0.05, 0.1) is 18.8 Å². The molecule has 0 fully saturated rings. The molecule has 0 aromatic heterocycles. The number of hydrogen-bond acceptors (Lipinski definition) is 5. The van der Waals surface area contributed by atoms with Gasteiger partial charge in [-0.1, -0.05) is 56.9 Å². The SMILES string of the molecule is C=CC(=O)OCCCCCCCCCOOC(=O)c1ccccc1. The first kappa shape index (κ1) is 19.9. The lowest BCUT2D eigenvalue weighted by Gasteiger charge is -2.04. The Morgan fingerprint density at radius 2 is 1.46 bits per heavy atom. The summed E-state index contributed by atoms with van der Waals surface area (Å²) < 4.78 is 4.90. The molecule has 1 aromatic rings. The standard InChI is InChI=1S/C19H26O5/c1-2-18(20)22-15-11-6-4-3-5-7-12-16-23-24-19(21)17-13-9-8-10-14-17/h2,8-10,13-14H,1,3-7,11-12,15-16H2. The zero-order valence-electron chi connectivity index (χ0n) is 14.1. The van der Waals surface area contributed by atoms with Crippen molar-refractivity contribution in [3.63, 3.8) is 0 Å². The molecule has 1 rings (SSSR count). The minimum absolute atomic E-state index is 0.358. The fourth-order valence-corrected chi connectivity index (χ4v) is 2.10. The van der Waals surface area contributed by atoms with Gasteiger partial charge in [-0.15, -0.1) is 0 Å². The lowest BCUT2D eigenvalue weighted by atomic mass is 10.1. The molecule has 24 heavy (non-hydrogen) atoms. The number of benzene rings is 1. The normalized spacial score (nSPS) is 10.2. The van der Waals surface area contributed by atoms with Gasteiger partial charge in [-0.2, -0.15) is 4.89 Å². The quantitative estimate of drug-likeness (QED) is 0.178. The van der Waals surface area contributed by atoms with Gasteiger partial charge in [0.15, 0.2) is 0 Å². The van der Waals surface area contributed by atoms with Gasteiger partial charge in [-0.05, 0) is 25.0 Å². The maximum atomic E-state index is 11.6. The molecule has 0 heterocycles. The minimum Gasteiger partial charge on any atom is -0.463 e. The van der Waals surface area contributed by atoms with Crippen LogP contribution in [0.3, 0.4) is 0 Å². The van der Waals surface area contributed by atoms with Crippen molar-refractivity contribution in [2.24, 2.45) is 0 Å². The molecule has 0 amide bonds. The van der Waals surface area contributed by atoms with Gasteiger partial charge < -0.3 is 4.74 Å². The molecule has 132 valence electrons. The van der Waals surface area contributed by atoms with E-state index in [9.17, 15) is 9.59 Å². The second-order valence-electron chi connectivity index (χ2n) is 5.41. The van der Waals surface area contributed by atoms with E-state index in [1.807, 2.05) is 6.07 Å². The average Bonchev–Trinajstić information content (AvgIpc) is 2.62. The van der Waals surface area contributed by atoms with E-state index in [-0.39, 0.29) is 5.97 Å². The molecule has 0 saturated carbocycles. The van der Waals surface area contributed by atoms with Gasteiger partial charge in [0.2, 0.25) is 0 Å². The summed E-state index contributed by atoms with van der Waals surface area (Å²) in [7, 11) is 0. The zero-order chi connectivity index (χ0) is 17.5. The van der Waals surface area contributed by atoms with E-state index in [2.05, 4.69) is 6.58 Å². The number of ether oxygens (including phenoxy) is 1. The molecule has 0 spiro atoms. The van der Waals surface area contributed by atoms with Gasteiger partial charge in [0.1, 0.15) is 0 Å². The van der Waals surface area contributed by atoms with Crippen molar-refractivity contribution < 1.29 is 24.1 Å². The molecule has 5 nitrogen and oxygen atoms in total. The fraction of sp³-hybridized carbons (Fsp3) is 0.474. The fourth-order valence-electron chi connectivity index (χ4n) is 2.10. The summed E-state index contributed by atoms with van der Waals surface area (Å²) in [5.74, 6) is -0.823. The Labute approximate surface area is 143 Å². The van der Waals surface area contributed by atoms with E-state index >= 15 is 0 Å². The Hall–Kier alpha value is -2.14. The third-order valence-electron chi connectivity index (χ3n) is 3.43. The number of carbonyl (C=O) groups is 2. The van der Waals surface area contributed by atoms with Gasteiger partial charge in [-0.3, -0.25) is 4.89 Å². The maximum absolute atomic E-state index is 11.6. The van der Waals surface area contributed by atoms with Crippen LogP contribution >= 0.6 is 0 Å². The van der Waals surface area contributed by atoms with Crippen LogP contribution in [-0.4, -0.2) is 25.2 Å². The molecule has 0 bridgehead atoms. The van der Waals surface area contributed by atoms with Crippen LogP contribution in [0.5, 0.6) is 0 Å². The largest absolute Gasteiger partial charge is 0.463 e. The van der Waals surface area contributed by atoms with Crippen molar-refractivity contribution in [2.75, 3.05) is 13.2 Å². The topological polar surface area (TPSA) is 61.8 Å². The number of hydrogen-bond donors (Lipinski definition) is 0. The summed E-state index contributed by atoms with van der Waals surface area (Å²) in [5, 5.41) is 0. The molecule has 1 aromatic carbocycles. The van der Waals surface area contributed by atoms with E-state index in [0.29, 0.717) is 18.8 Å². The number of carbonyl (C=O) groups excluding carboxylic acids is 2. The summed E-state index contributed by atoms with van der Waals surface area (Å²) in [6.45, 7) is 4.22. The van der Waals surface area contributed by atoms with Crippen molar-refractivity contribution >= 4 is 11.9 Å². The second-order valence-corrected chi connectivity index (χ2v) is 5.41. The van der Waals surface area contributed by atoms with Crippen LogP contribution in [0.2, 0.25) is 0 Å². The zero-order valence-corrected chi connectivity index (χ0v) is 14.1. The van der Waals surface area contributed by atoms with Crippen LogP contribution in [0.15, 0.2) is 43.0 Å². The first-order valence-corrected chi connectivity index (χ1v) is 8.42. The lowest BCUT2D eigenvalue weighted by molar-refractivity contribution is -0.241. The third kappa shape index (κ3) is 9.79. The molecule has 0 aliphatic carbocycles. The van der Waals surface area contributed by atoms with Crippen molar-refractivity contribution in [3.8, 4) is 0 Å². The number of rotatable bonds is 13. The smallest absolute Gasteiger partial charge is 0.373 e. The first-order valence-electron chi connectivity index (χ1n) is 8.42. The summed E-state index contributed by atoms with van der Waals surface area (Å²) in [4.78, 5) is 32.1. The Bertz CT molecular complexity index is 484. The highest BCUT2D eigenvalue weighted by atomic mass is 17.2. The van der Waals surface area contributed by atoms with E-state index in [4.69, 9.17) is 14.5 Å². The highest BCUT2D eigenvalue weighted by Crippen LogP contribution is 2.08. The van der Waals surface area contributed by atoms with Crippen LogP contribution in [0, 0.1) is 0 Å². The van der Waals surface area contributed by atoms with Crippen molar-refractivity contribution in [1.82, 2.24) is 0 Å². The van der Waals surface area contributed by atoms with E-state index < -0.39 is 5.97 Å². The summed E-state index contributed by atoms with van der Waals surface area (Å²) in [6.07, 6.45) is 8.39. The van der Waals surface area contributed by atoms with Gasteiger partial charge in [0, 0.05) is 6.08 Å². The third-order valence-corrected chi connectivity index (χ3v) is 3.43. The molecule has 5 heteroatoms. The second kappa shape index (κ2) is 13.3. The summed E-state index contributed by atoms with van der Waals surface area (Å²) in [6, 6.07) is 8.76. The number of unbranched alkanes of at least 4 members (excludes halogenated alkanes) is 6. The van der Waals surface area contributed by atoms with Gasteiger partial charge in [0.25, 0.3) is 0 Å². The highest BCUT2D eigenvalue weighted by molar-refractivity contribution is 5.88. The molecule has 0 radical (unpaired) electrons. The molecule has 0 aliphatic rings.